The summed E-state index contributed by atoms with van der Waals surface area (Å²) in [5, 5.41) is 3.14. The van der Waals surface area contributed by atoms with Gasteiger partial charge in [0.05, 0.1) is 0 Å². The van der Waals surface area contributed by atoms with Crippen molar-refractivity contribution in [1.82, 2.24) is 9.97 Å². The molecule has 1 aromatic rings. The Labute approximate surface area is 104 Å². The highest BCUT2D eigenvalue weighted by atomic mass is 15.2. The second kappa shape index (κ2) is 6.42. The largest absolute Gasteiger partial charge is 0.373 e. The minimum atomic E-state index is 0.826. The number of nitrogens with zero attached hydrogens (tertiary/aromatic N) is 3. The fourth-order valence-corrected chi connectivity index (χ4v) is 2.03. The van der Waals surface area contributed by atoms with Crippen LogP contribution >= 0.6 is 0 Å². The molecular weight excluding hydrogens is 212 g/mol. The third-order valence-electron chi connectivity index (χ3n) is 2.76. The zero-order chi connectivity index (χ0) is 12.8. The van der Waals surface area contributed by atoms with E-state index in [0.29, 0.717) is 0 Å². The van der Waals surface area contributed by atoms with Crippen LogP contribution in [0.5, 0.6) is 0 Å². The quantitative estimate of drug-likeness (QED) is 0.824. The van der Waals surface area contributed by atoms with Gasteiger partial charge in [0.15, 0.2) is 0 Å². The Morgan fingerprint density at radius 3 is 2.12 bits per heavy atom. The predicted octanol–water partition coefficient (Wildman–Crippen LogP) is 2.76. The molecule has 1 heterocycles. The molecule has 0 amide bonds. The van der Waals surface area contributed by atoms with E-state index in [1.807, 2.05) is 14.0 Å². The first-order chi connectivity index (χ1) is 8.13. The molecule has 0 saturated carbocycles. The lowest BCUT2D eigenvalue weighted by Gasteiger charge is -2.25. The van der Waals surface area contributed by atoms with Crippen LogP contribution in [0.4, 0.5) is 11.6 Å². The molecule has 0 aliphatic heterocycles. The lowest BCUT2D eigenvalue weighted by atomic mass is 10.2. The third-order valence-corrected chi connectivity index (χ3v) is 2.76. The first kappa shape index (κ1) is 13.7. The van der Waals surface area contributed by atoms with Gasteiger partial charge in [-0.05, 0) is 26.7 Å². The normalized spacial score (nSPS) is 10.4. The van der Waals surface area contributed by atoms with Gasteiger partial charge in [0, 0.05) is 25.7 Å². The Balaban J connectivity index is 3.12. The molecule has 0 saturated heterocycles. The molecule has 0 unspecified atom stereocenters. The molecular formula is C13H24N4. The van der Waals surface area contributed by atoms with Gasteiger partial charge in [0.25, 0.3) is 0 Å². The number of rotatable bonds is 6. The SMILES string of the molecule is CCCN(CCC)c1nc(C)nc(NC)c1C. The van der Waals surface area contributed by atoms with Crippen molar-refractivity contribution in [3.8, 4) is 0 Å². The first-order valence-corrected chi connectivity index (χ1v) is 6.41. The monoisotopic (exact) mass is 236 g/mol. The smallest absolute Gasteiger partial charge is 0.137 e. The van der Waals surface area contributed by atoms with Crippen molar-refractivity contribution < 1.29 is 0 Å². The van der Waals surface area contributed by atoms with E-state index >= 15 is 0 Å². The molecule has 0 atom stereocenters. The number of aryl methyl sites for hydroxylation is 1. The van der Waals surface area contributed by atoms with Gasteiger partial charge in [-0.15, -0.1) is 0 Å². The summed E-state index contributed by atoms with van der Waals surface area (Å²) in [6, 6.07) is 0. The Morgan fingerprint density at radius 1 is 1.06 bits per heavy atom. The molecule has 96 valence electrons. The Bertz CT molecular complexity index is 357. The summed E-state index contributed by atoms with van der Waals surface area (Å²) in [6.45, 7) is 10.5. The maximum atomic E-state index is 4.59. The van der Waals surface area contributed by atoms with Gasteiger partial charge < -0.3 is 10.2 Å². The van der Waals surface area contributed by atoms with Gasteiger partial charge >= 0.3 is 0 Å². The maximum absolute atomic E-state index is 4.59. The maximum Gasteiger partial charge on any atom is 0.137 e. The highest BCUT2D eigenvalue weighted by molar-refractivity contribution is 5.58. The molecule has 0 aliphatic rings. The van der Waals surface area contributed by atoms with E-state index in [1.165, 1.54) is 0 Å². The van der Waals surface area contributed by atoms with Crippen LogP contribution in [0, 0.1) is 13.8 Å². The van der Waals surface area contributed by atoms with Crippen molar-refractivity contribution in [2.24, 2.45) is 0 Å². The van der Waals surface area contributed by atoms with Gasteiger partial charge in [0.1, 0.15) is 17.5 Å². The Hall–Kier alpha value is -1.32. The summed E-state index contributed by atoms with van der Waals surface area (Å²) in [5.74, 6) is 2.84. The third kappa shape index (κ3) is 3.32. The van der Waals surface area contributed by atoms with Gasteiger partial charge in [-0.3, -0.25) is 0 Å². The van der Waals surface area contributed by atoms with E-state index in [1.54, 1.807) is 0 Å². The summed E-state index contributed by atoms with van der Waals surface area (Å²) in [5.41, 5.74) is 1.14. The molecule has 17 heavy (non-hydrogen) atoms. The highest BCUT2D eigenvalue weighted by Gasteiger charge is 2.13. The van der Waals surface area contributed by atoms with Gasteiger partial charge in [-0.1, -0.05) is 13.8 Å². The van der Waals surface area contributed by atoms with Crippen molar-refractivity contribution >= 4 is 11.6 Å². The summed E-state index contributed by atoms with van der Waals surface area (Å²) in [4.78, 5) is 11.4. The molecule has 0 radical (unpaired) electrons. The molecule has 0 aliphatic carbocycles. The number of hydrogen-bond acceptors (Lipinski definition) is 4. The molecule has 1 rings (SSSR count). The first-order valence-electron chi connectivity index (χ1n) is 6.41. The zero-order valence-corrected chi connectivity index (χ0v) is 11.7. The molecule has 1 N–H and O–H groups in total. The Kier molecular flexibility index (Phi) is 5.19. The number of hydrogen-bond donors (Lipinski definition) is 1. The number of anilines is 2. The topological polar surface area (TPSA) is 41.1 Å². The second-order valence-electron chi connectivity index (χ2n) is 4.31. The van der Waals surface area contributed by atoms with Crippen LogP contribution < -0.4 is 10.2 Å². The van der Waals surface area contributed by atoms with Crippen LogP contribution in [-0.4, -0.2) is 30.1 Å². The Morgan fingerprint density at radius 2 is 1.65 bits per heavy atom. The van der Waals surface area contributed by atoms with Crippen molar-refractivity contribution in [3.05, 3.63) is 11.4 Å². The fourth-order valence-electron chi connectivity index (χ4n) is 2.03. The molecule has 0 bridgehead atoms. The average Bonchev–Trinajstić information content (AvgIpc) is 2.31. The van der Waals surface area contributed by atoms with Crippen LogP contribution in [0.2, 0.25) is 0 Å². The van der Waals surface area contributed by atoms with Crippen LogP contribution in [-0.2, 0) is 0 Å². The van der Waals surface area contributed by atoms with Crippen LogP contribution in [0.15, 0.2) is 0 Å². The molecule has 4 nitrogen and oxygen atoms in total. The van der Waals surface area contributed by atoms with E-state index < -0.39 is 0 Å². The number of nitrogens with one attached hydrogen (secondary N) is 1. The van der Waals surface area contributed by atoms with Crippen molar-refractivity contribution in [1.29, 1.82) is 0 Å². The van der Waals surface area contributed by atoms with E-state index in [2.05, 4.69) is 41.0 Å². The minimum absolute atomic E-state index is 0.826. The second-order valence-corrected chi connectivity index (χ2v) is 4.31. The van der Waals surface area contributed by atoms with Gasteiger partial charge in [-0.2, -0.15) is 0 Å². The fraction of sp³-hybridized carbons (Fsp3) is 0.692. The van der Waals surface area contributed by atoms with Crippen LogP contribution in [0.25, 0.3) is 0 Å². The van der Waals surface area contributed by atoms with Crippen molar-refractivity contribution in [3.63, 3.8) is 0 Å². The van der Waals surface area contributed by atoms with E-state index in [4.69, 9.17) is 0 Å². The summed E-state index contributed by atoms with van der Waals surface area (Å²) >= 11 is 0. The number of aromatic nitrogens is 2. The molecule has 4 heteroatoms. The molecule has 1 aromatic heterocycles. The van der Waals surface area contributed by atoms with Gasteiger partial charge in [0.2, 0.25) is 0 Å². The van der Waals surface area contributed by atoms with Crippen LogP contribution in [0.3, 0.4) is 0 Å². The predicted molar refractivity (Wildman–Crippen MR) is 73.8 cm³/mol. The molecule has 0 aromatic carbocycles. The molecule has 0 fully saturated rings. The summed E-state index contributed by atoms with van der Waals surface area (Å²) < 4.78 is 0. The van der Waals surface area contributed by atoms with Crippen molar-refractivity contribution in [2.75, 3.05) is 30.4 Å². The minimum Gasteiger partial charge on any atom is -0.373 e. The summed E-state index contributed by atoms with van der Waals surface area (Å²) in [7, 11) is 1.91. The summed E-state index contributed by atoms with van der Waals surface area (Å²) in [6.07, 6.45) is 2.27. The average molecular weight is 236 g/mol. The zero-order valence-electron chi connectivity index (χ0n) is 11.7. The standard InChI is InChI=1S/C13H24N4/c1-6-8-17(9-7-2)13-10(3)12(14-5)15-11(4)16-13/h6-9H2,1-5H3,(H,14,15,16). The molecule has 0 spiro atoms. The lowest BCUT2D eigenvalue weighted by Crippen LogP contribution is -2.27. The highest BCUT2D eigenvalue weighted by Crippen LogP contribution is 2.23. The lowest BCUT2D eigenvalue weighted by molar-refractivity contribution is 0.727. The van der Waals surface area contributed by atoms with E-state index in [9.17, 15) is 0 Å². The van der Waals surface area contributed by atoms with Gasteiger partial charge in [-0.25, -0.2) is 9.97 Å². The van der Waals surface area contributed by atoms with Crippen molar-refractivity contribution in [2.45, 2.75) is 40.5 Å². The van der Waals surface area contributed by atoms with Crippen LogP contribution in [0.1, 0.15) is 38.1 Å². The van der Waals surface area contributed by atoms with E-state index in [-0.39, 0.29) is 0 Å². The van der Waals surface area contributed by atoms with E-state index in [0.717, 1.165) is 49.0 Å².